The van der Waals surface area contributed by atoms with Crippen LogP contribution in [0.25, 0.3) is 0 Å². The summed E-state index contributed by atoms with van der Waals surface area (Å²) in [5.74, 6) is -0.0652. The van der Waals surface area contributed by atoms with Crippen molar-refractivity contribution in [2.75, 3.05) is 13.1 Å². The van der Waals surface area contributed by atoms with Gasteiger partial charge in [-0.25, -0.2) is 0 Å². The Morgan fingerprint density at radius 1 is 1.50 bits per heavy atom. The van der Waals surface area contributed by atoms with Gasteiger partial charge in [0.15, 0.2) is 0 Å². The van der Waals surface area contributed by atoms with Crippen LogP contribution in [0.1, 0.15) is 43.7 Å². The number of rotatable bonds is 5. The maximum absolute atomic E-state index is 12.4. The van der Waals surface area contributed by atoms with Crippen LogP contribution >= 0.6 is 0 Å². The lowest BCUT2D eigenvalue weighted by Gasteiger charge is -2.28. The molecule has 0 aliphatic rings. The number of carbonyl (C=O) groups excluding carboxylic acids is 1. The molecule has 1 N–H and O–H groups in total. The minimum atomic E-state index is -0.889. The number of aliphatic hydroxyl groups is 1. The first-order valence-corrected chi connectivity index (χ1v) is 6.32. The highest BCUT2D eigenvalue weighted by atomic mass is 16.3. The van der Waals surface area contributed by atoms with Crippen LogP contribution in [0.5, 0.6) is 0 Å². The van der Waals surface area contributed by atoms with E-state index >= 15 is 0 Å². The van der Waals surface area contributed by atoms with E-state index in [1.807, 2.05) is 20.9 Å². The first-order valence-electron chi connectivity index (χ1n) is 6.32. The topological polar surface area (TPSA) is 58.4 Å². The van der Waals surface area contributed by atoms with Crippen molar-refractivity contribution < 1.29 is 9.90 Å². The second-order valence-corrected chi connectivity index (χ2v) is 5.15. The molecule has 1 heterocycles. The van der Waals surface area contributed by atoms with Crippen LogP contribution < -0.4 is 0 Å². The van der Waals surface area contributed by atoms with Crippen LogP contribution in [0.15, 0.2) is 6.20 Å². The van der Waals surface area contributed by atoms with Gasteiger partial charge in [-0.05, 0) is 27.2 Å². The van der Waals surface area contributed by atoms with Crippen molar-refractivity contribution in [1.29, 1.82) is 0 Å². The lowest BCUT2D eigenvalue weighted by molar-refractivity contribution is 0.0314. The second kappa shape index (κ2) is 5.52. The van der Waals surface area contributed by atoms with E-state index in [0.717, 1.165) is 12.1 Å². The number of aryl methyl sites for hydroxylation is 2. The minimum Gasteiger partial charge on any atom is -0.389 e. The highest BCUT2D eigenvalue weighted by Gasteiger charge is 2.24. The van der Waals surface area contributed by atoms with Crippen molar-refractivity contribution in [3.63, 3.8) is 0 Å². The third-order valence-electron chi connectivity index (χ3n) is 2.72. The van der Waals surface area contributed by atoms with Gasteiger partial charge in [0.2, 0.25) is 0 Å². The summed E-state index contributed by atoms with van der Waals surface area (Å²) in [5.41, 5.74) is 0.545. The first kappa shape index (κ1) is 14.7. The quantitative estimate of drug-likeness (QED) is 0.858. The molecule has 0 aliphatic heterocycles. The predicted molar refractivity (Wildman–Crippen MR) is 70.5 cm³/mol. The number of aromatic nitrogens is 2. The number of hydrogen-bond donors (Lipinski definition) is 1. The molecule has 0 aromatic carbocycles. The van der Waals surface area contributed by atoms with Crippen molar-refractivity contribution in [2.24, 2.45) is 7.05 Å². The maximum Gasteiger partial charge on any atom is 0.257 e. The highest BCUT2D eigenvalue weighted by molar-refractivity contribution is 5.95. The van der Waals surface area contributed by atoms with Crippen LogP contribution in [0.4, 0.5) is 0 Å². The molecule has 0 atom stereocenters. The van der Waals surface area contributed by atoms with Crippen molar-refractivity contribution in [1.82, 2.24) is 14.7 Å². The average molecular weight is 253 g/mol. The number of amides is 1. The van der Waals surface area contributed by atoms with E-state index in [1.165, 1.54) is 0 Å². The lowest BCUT2D eigenvalue weighted by atomic mass is 10.1. The van der Waals surface area contributed by atoms with Gasteiger partial charge in [0, 0.05) is 26.3 Å². The molecule has 0 aliphatic carbocycles. The van der Waals surface area contributed by atoms with Gasteiger partial charge in [0.05, 0.1) is 16.9 Å². The van der Waals surface area contributed by atoms with Gasteiger partial charge in [-0.15, -0.1) is 0 Å². The molecule has 0 fully saturated rings. The largest absolute Gasteiger partial charge is 0.389 e. The van der Waals surface area contributed by atoms with Gasteiger partial charge < -0.3 is 10.0 Å². The average Bonchev–Trinajstić information content (AvgIpc) is 2.65. The number of likely N-dealkylation sites (N-methyl/N-ethyl adjacent to an activating group) is 1. The van der Waals surface area contributed by atoms with Crippen LogP contribution in [-0.4, -0.2) is 44.4 Å². The monoisotopic (exact) mass is 253 g/mol. The summed E-state index contributed by atoms with van der Waals surface area (Å²) in [6, 6.07) is 0. The summed E-state index contributed by atoms with van der Waals surface area (Å²) in [5, 5.41) is 14.1. The zero-order chi connectivity index (χ0) is 13.9. The molecule has 5 heteroatoms. The van der Waals surface area contributed by atoms with Gasteiger partial charge in [-0.3, -0.25) is 9.48 Å². The van der Waals surface area contributed by atoms with E-state index < -0.39 is 5.60 Å². The fraction of sp³-hybridized carbons (Fsp3) is 0.692. The Bertz CT molecular complexity index is 418. The Hall–Kier alpha value is -1.36. The molecule has 1 rings (SSSR count). The summed E-state index contributed by atoms with van der Waals surface area (Å²) in [4.78, 5) is 14.1. The molecule has 0 spiro atoms. The molecular formula is C13H23N3O2. The Balaban J connectivity index is 2.96. The Morgan fingerprint density at radius 3 is 2.56 bits per heavy atom. The van der Waals surface area contributed by atoms with Crippen molar-refractivity contribution in [3.8, 4) is 0 Å². The van der Waals surface area contributed by atoms with E-state index in [1.54, 1.807) is 29.6 Å². The van der Waals surface area contributed by atoms with Gasteiger partial charge in [-0.2, -0.15) is 5.10 Å². The van der Waals surface area contributed by atoms with Gasteiger partial charge in [0.25, 0.3) is 5.91 Å². The molecule has 1 amide bonds. The summed E-state index contributed by atoms with van der Waals surface area (Å²) in [6.45, 7) is 8.18. The molecular weight excluding hydrogens is 230 g/mol. The fourth-order valence-electron chi connectivity index (χ4n) is 1.94. The molecule has 102 valence electrons. The van der Waals surface area contributed by atoms with E-state index in [2.05, 4.69) is 5.10 Å². The van der Waals surface area contributed by atoms with E-state index in [0.29, 0.717) is 18.7 Å². The second-order valence-electron chi connectivity index (χ2n) is 5.15. The summed E-state index contributed by atoms with van der Waals surface area (Å²) < 4.78 is 1.66. The number of nitrogens with zero attached hydrogens (tertiary/aromatic N) is 3. The van der Waals surface area contributed by atoms with E-state index in [9.17, 15) is 9.90 Å². The molecule has 1 aromatic heterocycles. The zero-order valence-electron chi connectivity index (χ0n) is 11.9. The van der Waals surface area contributed by atoms with Crippen molar-refractivity contribution >= 4 is 5.91 Å². The zero-order valence-corrected chi connectivity index (χ0v) is 11.9. The Labute approximate surface area is 108 Å². The molecule has 0 radical (unpaired) electrons. The van der Waals surface area contributed by atoms with Gasteiger partial charge in [0.1, 0.15) is 0 Å². The summed E-state index contributed by atoms with van der Waals surface area (Å²) in [6.07, 6.45) is 2.47. The number of carbonyl (C=O) groups is 1. The smallest absolute Gasteiger partial charge is 0.257 e. The normalized spacial score (nSPS) is 11.7. The molecule has 1 aromatic rings. The van der Waals surface area contributed by atoms with Crippen molar-refractivity contribution in [2.45, 2.75) is 39.7 Å². The van der Waals surface area contributed by atoms with Crippen LogP contribution in [0, 0.1) is 0 Å². The third kappa shape index (κ3) is 3.57. The summed E-state index contributed by atoms with van der Waals surface area (Å²) >= 11 is 0. The van der Waals surface area contributed by atoms with Crippen LogP contribution in [-0.2, 0) is 13.5 Å². The SMILES string of the molecule is CCc1nn(C)cc1C(=O)N(CC)CC(C)(C)O. The lowest BCUT2D eigenvalue weighted by Crippen LogP contribution is -2.42. The van der Waals surface area contributed by atoms with Crippen LogP contribution in [0.2, 0.25) is 0 Å². The maximum atomic E-state index is 12.4. The molecule has 5 nitrogen and oxygen atoms in total. The molecule has 0 saturated carbocycles. The summed E-state index contributed by atoms with van der Waals surface area (Å²) in [7, 11) is 1.81. The number of hydrogen-bond acceptors (Lipinski definition) is 3. The van der Waals surface area contributed by atoms with E-state index in [-0.39, 0.29) is 5.91 Å². The Morgan fingerprint density at radius 2 is 2.11 bits per heavy atom. The fourth-order valence-corrected chi connectivity index (χ4v) is 1.94. The Kier molecular flexibility index (Phi) is 4.51. The predicted octanol–water partition coefficient (Wildman–Crippen LogP) is 1.22. The molecule has 18 heavy (non-hydrogen) atoms. The highest BCUT2D eigenvalue weighted by Crippen LogP contribution is 2.13. The molecule has 0 bridgehead atoms. The third-order valence-corrected chi connectivity index (χ3v) is 2.72. The standard InChI is InChI=1S/C13H23N3O2/c1-6-11-10(8-15(5)14-11)12(17)16(7-2)9-13(3,4)18/h8,18H,6-7,9H2,1-5H3. The van der Waals surface area contributed by atoms with Gasteiger partial charge >= 0.3 is 0 Å². The molecule has 0 unspecified atom stereocenters. The van der Waals surface area contributed by atoms with Crippen molar-refractivity contribution in [3.05, 3.63) is 17.5 Å². The van der Waals surface area contributed by atoms with Crippen LogP contribution in [0.3, 0.4) is 0 Å². The molecule has 0 saturated heterocycles. The van der Waals surface area contributed by atoms with E-state index in [4.69, 9.17) is 0 Å². The minimum absolute atomic E-state index is 0.0652. The van der Waals surface area contributed by atoms with Gasteiger partial charge in [-0.1, -0.05) is 6.92 Å². The first-order chi connectivity index (χ1) is 8.28.